The van der Waals surface area contributed by atoms with Gasteiger partial charge in [0.1, 0.15) is 5.75 Å². The number of rotatable bonds is 5. The van der Waals surface area contributed by atoms with Crippen molar-refractivity contribution in [3.05, 3.63) is 23.8 Å². The maximum absolute atomic E-state index is 11.6. The lowest BCUT2D eigenvalue weighted by Crippen LogP contribution is -2.29. The molecule has 6 nitrogen and oxygen atoms in total. The second kappa shape index (κ2) is 6.08. The molecular weight excluding hydrogens is 248 g/mol. The first-order chi connectivity index (χ1) is 9.15. The molecule has 2 rings (SSSR count). The summed E-state index contributed by atoms with van der Waals surface area (Å²) in [6.07, 6.45) is 1.32. The molecule has 0 saturated carbocycles. The largest absolute Gasteiger partial charge is 0.493 e. The third-order valence-corrected chi connectivity index (χ3v) is 2.80. The normalized spacial score (nSPS) is 12.4. The standard InChI is InChI=1S/C13H16N2O4/c16-12(17)2-1-6-14-13(18)15-10-3-4-11-9(8-10)5-7-19-11/h3-4,8H,1-2,5-7H2,(H,16,17)(H2,14,15,18). The number of carbonyl (C=O) groups excluding carboxylic acids is 1. The molecule has 0 atom stereocenters. The van der Waals surface area contributed by atoms with E-state index in [4.69, 9.17) is 9.84 Å². The van der Waals surface area contributed by atoms with Crippen molar-refractivity contribution in [2.45, 2.75) is 19.3 Å². The van der Waals surface area contributed by atoms with Gasteiger partial charge in [0.15, 0.2) is 0 Å². The number of amides is 2. The molecule has 2 amide bonds. The summed E-state index contributed by atoms with van der Waals surface area (Å²) in [5.41, 5.74) is 1.80. The number of benzene rings is 1. The van der Waals surface area contributed by atoms with Gasteiger partial charge in [-0.2, -0.15) is 0 Å². The SMILES string of the molecule is O=C(O)CCCNC(=O)Nc1ccc2c(c1)CCO2. The number of aliphatic carboxylic acids is 1. The summed E-state index contributed by atoms with van der Waals surface area (Å²) in [4.78, 5) is 21.9. The van der Waals surface area contributed by atoms with E-state index in [0.29, 0.717) is 25.3 Å². The van der Waals surface area contributed by atoms with Crippen LogP contribution in [0.1, 0.15) is 18.4 Å². The molecule has 6 heteroatoms. The van der Waals surface area contributed by atoms with Crippen molar-refractivity contribution < 1.29 is 19.4 Å². The van der Waals surface area contributed by atoms with E-state index in [1.165, 1.54) is 0 Å². The van der Waals surface area contributed by atoms with Gasteiger partial charge in [-0.3, -0.25) is 4.79 Å². The summed E-state index contributed by atoms with van der Waals surface area (Å²) >= 11 is 0. The molecule has 1 aromatic rings. The van der Waals surface area contributed by atoms with Crippen molar-refractivity contribution >= 4 is 17.7 Å². The van der Waals surface area contributed by atoms with Crippen molar-refractivity contribution in [2.75, 3.05) is 18.5 Å². The highest BCUT2D eigenvalue weighted by molar-refractivity contribution is 5.89. The summed E-state index contributed by atoms with van der Waals surface area (Å²) in [6, 6.07) is 5.17. The molecule has 0 unspecified atom stereocenters. The van der Waals surface area contributed by atoms with Crippen LogP contribution >= 0.6 is 0 Å². The number of carbonyl (C=O) groups is 2. The van der Waals surface area contributed by atoms with E-state index in [9.17, 15) is 9.59 Å². The van der Waals surface area contributed by atoms with E-state index < -0.39 is 5.97 Å². The molecule has 0 spiro atoms. The molecule has 0 radical (unpaired) electrons. The molecule has 0 saturated heterocycles. The van der Waals surface area contributed by atoms with Gasteiger partial charge >= 0.3 is 12.0 Å². The molecular formula is C13H16N2O4. The van der Waals surface area contributed by atoms with Gasteiger partial charge in [0.25, 0.3) is 0 Å². The van der Waals surface area contributed by atoms with Crippen LogP contribution in [0.4, 0.5) is 10.5 Å². The van der Waals surface area contributed by atoms with Crippen LogP contribution in [0.25, 0.3) is 0 Å². The molecule has 1 heterocycles. The highest BCUT2D eigenvalue weighted by atomic mass is 16.5. The van der Waals surface area contributed by atoms with E-state index >= 15 is 0 Å². The lowest BCUT2D eigenvalue weighted by molar-refractivity contribution is -0.137. The Hall–Kier alpha value is -2.24. The summed E-state index contributed by atoms with van der Waals surface area (Å²) in [5.74, 6) is 0.00764. The van der Waals surface area contributed by atoms with Gasteiger partial charge in [0.05, 0.1) is 6.61 Å². The third-order valence-electron chi connectivity index (χ3n) is 2.80. The molecule has 0 aromatic heterocycles. The van der Waals surface area contributed by atoms with Gasteiger partial charge in [-0.15, -0.1) is 0 Å². The number of nitrogens with one attached hydrogen (secondary N) is 2. The van der Waals surface area contributed by atoms with Crippen LogP contribution in [-0.4, -0.2) is 30.3 Å². The number of fused-ring (bicyclic) bond motifs is 1. The first-order valence-corrected chi connectivity index (χ1v) is 6.17. The number of anilines is 1. The van der Waals surface area contributed by atoms with Gasteiger partial charge in [-0.05, 0) is 30.2 Å². The number of carboxylic acids is 1. The van der Waals surface area contributed by atoms with Crippen molar-refractivity contribution in [1.82, 2.24) is 5.32 Å². The number of urea groups is 1. The monoisotopic (exact) mass is 264 g/mol. The number of ether oxygens (including phenoxy) is 1. The predicted molar refractivity (Wildman–Crippen MR) is 69.5 cm³/mol. The lowest BCUT2D eigenvalue weighted by Gasteiger charge is -2.08. The Morgan fingerprint density at radius 1 is 1.37 bits per heavy atom. The van der Waals surface area contributed by atoms with E-state index in [2.05, 4.69) is 10.6 Å². The van der Waals surface area contributed by atoms with E-state index in [-0.39, 0.29) is 12.5 Å². The van der Waals surface area contributed by atoms with E-state index in [1.807, 2.05) is 12.1 Å². The van der Waals surface area contributed by atoms with Crippen LogP contribution in [0, 0.1) is 0 Å². The maximum atomic E-state index is 11.6. The van der Waals surface area contributed by atoms with Crippen molar-refractivity contribution in [3.8, 4) is 5.75 Å². The average molecular weight is 264 g/mol. The average Bonchev–Trinajstić information content (AvgIpc) is 2.82. The maximum Gasteiger partial charge on any atom is 0.319 e. The molecule has 19 heavy (non-hydrogen) atoms. The van der Waals surface area contributed by atoms with Gasteiger partial charge in [0.2, 0.25) is 0 Å². The van der Waals surface area contributed by atoms with Crippen LogP contribution in [-0.2, 0) is 11.2 Å². The topological polar surface area (TPSA) is 87.7 Å². The first-order valence-electron chi connectivity index (χ1n) is 6.17. The van der Waals surface area contributed by atoms with E-state index in [0.717, 1.165) is 17.7 Å². The van der Waals surface area contributed by atoms with Crippen LogP contribution in [0.15, 0.2) is 18.2 Å². The second-order valence-corrected chi connectivity index (χ2v) is 4.30. The number of carboxylic acid groups (broad SMARTS) is 1. The Kier molecular flexibility index (Phi) is 4.22. The molecule has 0 fully saturated rings. The smallest absolute Gasteiger partial charge is 0.319 e. The zero-order valence-electron chi connectivity index (χ0n) is 10.4. The van der Waals surface area contributed by atoms with Crippen LogP contribution in [0.3, 0.4) is 0 Å². The van der Waals surface area contributed by atoms with Gasteiger partial charge in [-0.25, -0.2) is 4.79 Å². The number of hydrogen-bond acceptors (Lipinski definition) is 3. The second-order valence-electron chi connectivity index (χ2n) is 4.30. The predicted octanol–water partition coefficient (Wildman–Crippen LogP) is 1.61. The fraction of sp³-hybridized carbons (Fsp3) is 0.385. The molecule has 1 aromatic carbocycles. The molecule has 0 aliphatic carbocycles. The van der Waals surface area contributed by atoms with Crippen LogP contribution < -0.4 is 15.4 Å². The van der Waals surface area contributed by atoms with Crippen molar-refractivity contribution in [3.63, 3.8) is 0 Å². The highest BCUT2D eigenvalue weighted by Crippen LogP contribution is 2.27. The Labute approximate surface area is 110 Å². The lowest BCUT2D eigenvalue weighted by atomic mass is 10.1. The van der Waals surface area contributed by atoms with Crippen LogP contribution in [0.5, 0.6) is 5.75 Å². The minimum atomic E-state index is -0.860. The minimum absolute atomic E-state index is 0.0520. The highest BCUT2D eigenvalue weighted by Gasteiger charge is 2.12. The molecule has 1 aliphatic heterocycles. The van der Waals surface area contributed by atoms with Gasteiger partial charge < -0.3 is 20.5 Å². The summed E-state index contributed by atoms with van der Waals surface area (Å²) in [5, 5.41) is 13.8. The Bertz CT molecular complexity index is 488. The Morgan fingerprint density at radius 3 is 3.00 bits per heavy atom. The number of hydrogen-bond donors (Lipinski definition) is 3. The summed E-state index contributed by atoms with van der Waals surface area (Å²) < 4.78 is 5.38. The summed E-state index contributed by atoms with van der Waals surface area (Å²) in [6.45, 7) is 1.02. The zero-order chi connectivity index (χ0) is 13.7. The Balaban J connectivity index is 1.77. The molecule has 1 aliphatic rings. The molecule has 3 N–H and O–H groups in total. The van der Waals surface area contributed by atoms with Crippen molar-refractivity contribution in [2.24, 2.45) is 0 Å². The van der Waals surface area contributed by atoms with E-state index in [1.54, 1.807) is 6.07 Å². The first kappa shape index (κ1) is 13.2. The van der Waals surface area contributed by atoms with Crippen molar-refractivity contribution in [1.29, 1.82) is 0 Å². The molecule has 102 valence electrons. The molecule has 0 bridgehead atoms. The Morgan fingerprint density at radius 2 is 2.21 bits per heavy atom. The zero-order valence-corrected chi connectivity index (χ0v) is 10.4. The third kappa shape index (κ3) is 3.87. The fourth-order valence-electron chi connectivity index (χ4n) is 1.88. The quantitative estimate of drug-likeness (QED) is 0.705. The van der Waals surface area contributed by atoms with Gasteiger partial charge in [-0.1, -0.05) is 0 Å². The fourth-order valence-corrected chi connectivity index (χ4v) is 1.88. The minimum Gasteiger partial charge on any atom is -0.493 e. The van der Waals surface area contributed by atoms with Crippen LogP contribution in [0.2, 0.25) is 0 Å². The summed E-state index contributed by atoms with van der Waals surface area (Å²) in [7, 11) is 0. The van der Waals surface area contributed by atoms with Gasteiger partial charge in [0, 0.05) is 25.1 Å².